The number of aryl methyl sites for hydroxylation is 1. The molecule has 2 aromatic heterocycles. The van der Waals surface area contributed by atoms with Gasteiger partial charge in [-0.05, 0) is 22.9 Å². The van der Waals surface area contributed by atoms with Gasteiger partial charge in [-0.1, -0.05) is 6.92 Å². The molecule has 8 nitrogen and oxygen atoms in total. The van der Waals surface area contributed by atoms with Crippen LogP contribution >= 0.6 is 15.9 Å². The molecule has 0 saturated carbocycles. The Morgan fingerprint density at radius 1 is 1.35 bits per heavy atom. The van der Waals surface area contributed by atoms with Crippen molar-refractivity contribution in [2.75, 3.05) is 12.4 Å². The van der Waals surface area contributed by atoms with E-state index in [1.807, 2.05) is 6.92 Å². The molecule has 2 aromatic rings. The Balaban J connectivity index is 2.09. The van der Waals surface area contributed by atoms with Gasteiger partial charge in [-0.2, -0.15) is 10.2 Å². The summed E-state index contributed by atoms with van der Waals surface area (Å²) >= 11 is 3.32. The third-order valence-corrected chi connectivity index (χ3v) is 3.71. The van der Waals surface area contributed by atoms with Gasteiger partial charge >= 0.3 is 0 Å². The van der Waals surface area contributed by atoms with Crippen molar-refractivity contribution in [2.45, 2.75) is 26.9 Å². The minimum Gasteiger partial charge on any atom is -0.354 e. The summed E-state index contributed by atoms with van der Waals surface area (Å²) in [5, 5.41) is 13.6. The lowest BCUT2D eigenvalue weighted by molar-refractivity contribution is -0.119. The summed E-state index contributed by atoms with van der Waals surface area (Å²) in [5.41, 5.74) is 0.612. The average Bonchev–Trinajstić information content (AvgIpc) is 3.12. The van der Waals surface area contributed by atoms with E-state index in [1.165, 1.54) is 7.05 Å². The predicted molar refractivity (Wildman–Crippen MR) is 89.0 cm³/mol. The molecule has 0 fully saturated rings. The van der Waals surface area contributed by atoms with Crippen molar-refractivity contribution in [1.82, 2.24) is 24.9 Å². The van der Waals surface area contributed by atoms with E-state index >= 15 is 0 Å². The highest BCUT2D eigenvalue weighted by Crippen LogP contribution is 2.16. The van der Waals surface area contributed by atoms with E-state index in [0.717, 1.165) is 4.47 Å². The van der Waals surface area contributed by atoms with Gasteiger partial charge in [-0.25, -0.2) is 0 Å². The van der Waals surface area contributed by atoms with Gasteiger partial charge in [0, 0.05) is 26.0 Å². The van der Waals surface area contributed by atoms with Crippen LogP contribution in [0.25, 0.3) is 0 Å². The number of anilines is 1. The number of nitrogens with zero attached hydrogens (tertiary/aromatic N) is 4. The van der Waals surface area contributed by atoms with Crippen LogP contribution in [0.15, 0.2) is 23.1 Å². The van der Waals surface area contributed by atoms with Gasteiger partial charge in [0.2, 0.25) is 5.91 Å². The molecule has 0 radical (unpaired) electrons. The highest BCUT2D eigenvalue weighted by Gasteiger charge is 2.20. The van der Waals surface area contributed by atoms with Crippen molar-refractivity contribution in [3.63, 3.8) is 0 Å². The number of amides is 2. The zero-order valence-corrected chi connectivity index (χ0v) is 14.8. The van der Waals surface area contributed by atoms with E-state index in [2.05, 4.69) is 36.8 Å². The van der Waals surface area contributed by atoms with Crippen LogP contribution in [0.2, 0.25) is 0 Å². The standard InChI is InChI=1S/C14H19BrN6O2/c1-4-20-8-11(12(19-20)14(23)16-3)18-13(22)9(2)6-21-7-10(15)5-17-21/h5,7-9H,4,6H2,1-3H3,(H,16,23)(H,18,22). The zero-order valence-electron chi connectivity index (χ0n) is 13.2. The number of rotatable bonds is 6. The number of aromatic nitrogens is 4. The van der Waals surface area contributed by atoms with Crippen molar-refractivity contribution >= 4 is 33.4 Å². The largest absolute Gasteiger partial charge is 0.354 e. The number of carbonyl (C=O) groups is 2. The summed E-state index contributed by atoms with van der Waals surface area (Å²) in [5.74, 6) is -0.849. The van der Waals surface area contributed by atoms with Crippen LogP contribution in [0.1, 0.15) is 24.3 Å². The van der Waals surface area contributed by atoms with Crippen LogP contribution in [0.3, 0.4) is 0 Å². The lowest BCUT2D eigenvalue weighted by atomic mass is 10.1. The molecule has 2 heterocycles. The Hall–Kier alpha value is -2.16. The van der Waals surface area contributed by atoms with Gasteiger partial charge in [0.05, 0.1) is 28.8 Å². The zero-order chi connectivity index (χ0) is 17.0. The van der Waals surface area contributed by atoms with E-state index in [0.29, 0.717) is 18.8 Å². The summed E-state index contributed by atoms with van der Waals surface area (Å²) in [6.07, 6.45) is 5.12. The van der Waals surface area contributed by atoms with E-state index in [9.17, 15) is 9.59 Å². The normalized spacial score (nSPS) is 12.0. The molecule has 1 unspecified atom stereocenters. The van der Waals surface area contributed by atoms with E-state index in [-0.39, 0.29) is 23.4 Å². The van der Waals surface area contributed by atoms with Crippen molar-refractivity contribution in [1.29, 1.82) is 0 Å². The van der Waals surface area contributed by atoms with Crippen LogP contribution in [-0.2, 0) is 17.9 Å². The molecule has 0 spiro atoms. The Bertz CT molecular complexity index is 708. The van der Waals surface area contributed by atoms with E-state index in [4.69, 9.17) is 0 Å². The molecule has 0 aliphatic rings. The van der Waals surface area contributed by atoms with Crippen molar-refractivity contribution in [2.24, 2.45) is 5.92 Å². The Morgan fingerprint density at radius 3 is 2.65 bits per heavy atom. The smallest absolute Gasteiger partial charge is 0.273 e. The van der Waals surface area contributed by atoms with Gasteiger partial charge in [0.25, 0.3) is 5.91 Å². The maximum atomic E-state index is 12.4. The molecule has 2 amide bonds. The maximum absolute atomic E-state index is 12.4. The SMILES string of the molecule is CCn1cc(NC(=O)C(C)Cn2cc(Br)cn2)c(C(=O)NC)n1. The molecular weight excluding hydrogens is 364 g/mol. The van der Waals surface area contributed by atoms with Crippen LogP contribution in [0, 0.1) is 5.92 Å². The third-order valence-electron chi connectivity index (χ3n) is 3.30. The quantitative estimate of drug-likeness (QED) is 0.791. The summed E-state index contributed by atoms with van der Waals surface area (Å²) in [6.45, 7) is 4.75. The van der Waals surface area contributed by atoms with Gasteiger partial charge in [-0.15, -0.1) is 0 Å². The molecule has 1 atom stereocenters. The molecule has 2 rings (SSSR count). The van der Waals surface area contributed by atoms with E-state index in [1.54, 1.807) is 34.9 Å². The number of carbonyl (C=O) groups excluding carboxylic acids is 2. The molecule has 0 bridgehead atoms. The summed E-state index contributed by atoms with van der Waals surface area (Å²) in [7, 11) is 1.52. The number of halogens is 1. The minimum absolute atomic E-state index is 0.197. The number of hydrogen-bond donors (Lipinski definition) is 2. The van der Waals surface area contributed by atoms with Crippen molar-refractivity contribution < 1.29 is 9.59 Å². The second-order valence-corrected chi connectivity index (χ2v) is 6.01. The monoisotopic (exact) mass is 382 g/mol. The second kappa shape index (κ2) is 7.40. The lowest BCUT2D eigenvalue weighted by Gasteiger charge is -2.12. The van der Waals surface area contributed by atoms with Gasteiger partial charge < -0.3 is 10.6 Å². The second-order valence-electron chi connectivity index (χ2n) is 5.10. The molecule has 9 heteroatoms. The fraction of sp³-hybridized carbons (Fsp3) is 0.429. The van der Waals surface area contributed by atoms with Crippen molar-refractivity contribution in [3.8, 4) is 0 Å². The summed E-state index contributed by atoms with van der Waals surface area (Å²) < 4.78 is 4.15. The van der Waals surface area contributed by atoms with E-state index < -0.39 is 0 Å². The molecule has 0 saturated heterocycles. The molecule has 23 heavy (non-hydrogen) atoms. The molecule has 124 valence electrons. The first-order chi connectivity index (χ1) is 10.9. The predicted octanol–water partition coefficient (Wildman–Crippen LogP) is 1.50. The van der Waals surface area contributed by atoms with Crippen LogP contribution < -0.4 is 10.6 Å². The minimum atomic E-state index is -0.337. The average molecular weight is 383 g/mol. The maximum Gasteiger partial charge on any atom is 0.273 e. The molecule has 2 N–H and O–H groups in total. The fourth-order valence-electron chi connectivity index (χ4n) is 2.02. The molecule has 0 aromatic carbocycles. The third kappa shape index (κ3) is 4.19. The van der Waals surface area contributed by atoms with Crippen LogP contribution in [0.4, 0.5) is 5.69 Å². The highest BCUT2D eigenvalue weighted by molar-refractivity contribution is 9.10. The van der Waals surface area contributed by atoms with Crippen LogP contribution in [0.5, 0.6) is 0 Å². The first-order valence-electron chi connectivity index (χ1n) is 7.23. The van der Waals surface area contributed by atoms with Crippen LogP contribution in [-0.4, -0.2) is 38.4 Å². The summed E-state index contributed by atoms with van der Waals surface area (Å²) in [6, 6.07) is 0. The molecular formula is C14H19BrN6O2. The Morgan fingerprint density at radius 2 is 2.09 bits per heavy atom. The summed E-state index contributed by atoms with van der Waals surface area (Å²) in [4.78, 5) is 24.2. The highest BCUT2D eigenvalue weighted by atomic mass is 79.9. The van der Waals surface area contributed by atoms with Gasteiger partial charge in [0.15, 0.2) is 5.69 Å². The number of nitrogens with one attached hydrogen (secondary N) is 2. The molecule has 0 aliphatic heterocycles. The number of hydrogen-bond acceptors (Lipinski definition) is 4. The lowest BCUT2D eigenvalue weighted by Crippen LogP contribution is -2.26. The fourth-order valence-corrected chi connectivity index (χ4v) is 2.35. The Kier molecular flexibility index (Phi) is 5.54. The topological polar surface area (TPSA) is 93.8 Å². The van der Waals surface area contributed by atoms with Gasteiger partial charge in [-0.3, -0.25) is 19.0 Å². The Labute approximate surface area is 142 Å². The van der Waals surface area contributed by atoms with Crippen molar-refractivity contribution in [3.05, 3.63) is 28.8 Å². The first kappa shape index (κ1) is 17.2. The first-order valence-corrected chi connectivity index (χ1v) is 8.02. The van der Waals surface area contributed by atoms with Gasteiger partial charge in [0.1, 0.15) is 0 Å². The molecule has 0 aliphatic carbocycles.